The largest absolute Gasteiger partial charge is 0.467 e. The lowest BCUT2D eigenvalue weighted by molar-refractivity contribution is 0.382. The number of nitrogens with two attached hydrogens (primary N) is 1. The van der Waals surface area contributed by atoms with Crippen molar-refractivity contribution in [3.05, 3.63) is 24.3 Å². The molecule has 0 bridgehead atoms. The number of ether oxygens (including phenoxy) is 1. The summed E-state index contributed by atoms with van der Waals surface area (Å²) in [5.41, 5.74) is 7.58. The van der Waals surface area contributed by atoms with E-state index >= 15 is 0 Å². The molecule has 0 unspecified atom stereocenters. The summed E-state index contributed by atoms with van der Waals surface area (Å²) in [6.07, 6.45) is 0. The second-order valence-corrected chi connectivity index (χ2v) is 3.49. The van der Waals surface area contributed by atoms with Crippen molar-refractivity contribution in [1.82, 2.24) is 15.0 Å². The first-order valence-electron chi connectivity index (χ1n) is 4.87. The summed E-state index contributed by atoms with van der Waals surface area (Å²) in [7, 11) is 1.52. The van der Waals surface area contributed by atoms with Gasteiger partial charge in [0, 0.05) is 10.9 Å². The van der Waals surface area contributed by atoms with Gasteiger partial charge in [-0.2, -0.15) is 9.97 Å². The minimum atomic E-state index is 0.275. The Hall–Kier alpha value is -2.30. The van der Waals surface area contributed by atoms with Crippen LogP contribution in [0, 0.1) is 0 Å². The standard InChI is InChI=1S/C11H10N4O/c1-16-11-14-9(12)8-6-4-2-3-5-7(6)13-10(8)15-11/h2-5H,1H3,(H3,12,13,14,15). The number of benzene rings is 1. The van der Waals surface area contributed by atoms with E-state index in [1.165, 1.54) is 7.11 Å². The van der Waals surface area contributed by atoms with Gasteiger partial charge in [0.05, 0.1) is 12.5 Å². The molecule has 0 aliphatic rings. The van der Waals surface area contributed by atoms with Gasteiger partial charge in [0.15, 0.2) is 0 Å². The average molecular weight is 214 g/mol. The second-order valence-electron chi connectivity index (χ2n) is 3.49. The first kappa shape index (κ1) is 8.96. The lowest BCUT2D eigenvalue weighted by atomic mass is 10.2. The Morgan fingerprint density at radius 1 is 1.25 bits per heavy atom. The number of hydrogen-bond donors (Lipinski definition) is 2. The van der Waals surface area contributed by atoms with E-state index in [2.05, 4.69) is 15.0 Å². The van der Waals surface area contributed by atoms with E-state index in [0.717, 1.165) is 16.3 Å². The fourth-order valence-electron chi connectivity index (χ4n) is 1.84. The number of aromatic nitrogens is 3. The van der Waals surface area contributed by atoms with Gasteiger partial charge in [0.1, 0.15) is 11.5 Å². The molecule has 0 aliphatic heterocycles. The summed E-state index contributed by atoms with van der Waals surface area (Å²) >= 11 is 0. The molecular weight excluding hydrogens is 204 g/mol. The third-order valence-corrected chi connectivity index (χ3v) is 2.55. The zero-order valence-electron chi connectivity index (χ0n) is 8.69. The van der Waals surface area contributed by atoms with Crippen LogP contribution in [-0.4, -0.2) is 22.1 Å². The number of nitrogens with one attached hydrogen (secondary N) is 1. The number of anilines is 1. The number of aromatic amines is 1. The highest BCUT2D eigenvalue weighted by Gasteiger charge is 2.11. The van der Waals surface area contributed by atoms with Gasteiger partial charge < -0.3 is 15.5 Å². The molecule has 1 aromatic carbocycles. The van der Waals surface area contributed by atoms with Crippen LogP contribution in [0.2, 0.25) is 0 Å². The molecule has 2 aromatic heterocycles. The van der Waals surface area contributed by atoms with E-state index in [0.29, 0.717) is 11.5 Å². The summed E-state index contributed by atoms with van der Waals surface area (Å²) in [5.74, 6) is 0.430. The lowest BCUT2D eigenvalue weighted by Crippen LogP contribution is -1.97. The molecule has 3 rings (SSSR count). The molecule has 3 N–H and O–H groups in total. The van der Waals surface area contributed by atoms with Crippen LogP contribution in [0.15, 0.2) is 24.3 Å². The van der Waals surface area contributed by atoms with E-state index in [4.69, 9.17) is 10.5 Å². The van der Waals surface area contributed by atoms with Gasteiger partial charge in [-0.05, 0) is 6.07 Å². The van der Waals surface area contributed by atoms with E-state index in [1.54, 1.807) is 0 Å². The average Bonchev–Trinajstić information content (AvgIpc) is 2.67. The molecule has 0 spiro atoms. The molecule has 0 amide bonds. The Labute approximate surface area is 91.3 Å². The van der Waals surface area contributed by atoms with Crippen LogP contribution in [0.25, 0.3) is 21.9 Å². The molecule has 0 saturated carbocycles. The summed E-state index contributed by atoms with van der Waals surface area (Å²) < 4.78 is 4.98. The lowest BCUT2D eigenvalue weighted by Gasteiger charge is -1.99. The first-order valence-corrected chi connectivity index (χ1v) is 4.87. The molecule has 0 saturated heterocycles. The van der Waals surface area contributed by atoms with Gasteiger partial charge >= 0.3 is 6.01 Å². The zero-order valence-corrected chi connectivity index (χ0v) is 8.69. The molecule has 2 heterocycles. The molecule has 0 aliphatic carbocycles. The summed E-state index contributed by atoms with van der Waals surface area (Å²) in [4.78, 5) is 11.5. The first-order chi connectivity index (χ1) is 7.79. The Balaban J connectivity index is 2.50. The number of rotatable bonds is 1. The van der Waals surface area contributed by atoms with Crippen molar-refractivity contribution in [2.45, 2.75) is 0 Å². The highest BCUT2D eigenvalue weighted by Crippen LogP contribution is 2.28. The van der Waals surface area contributed by atoms with Crippen LogP contribution < -0.4 is 10.5 Å². The molecule has 80 valence electrons. The highest BCUT2D eigenvalue weighted by atomic mass is 16.5. The molecule has 3 aromatic rings. The number of fused-ring (bicyclic) bond motifs is 3. The van der Waals surface area contributed by atoms with E-state index in [1.807, 2.05) is 24.3 Å². The summed E-state index contributed by atoms with van der Waals surface area (Å²) in [5, 5.41) is 1.87. The molecule has 5 heteroatoms. The monoisotopic (exact) mass is 214 g/mol. The van der Waals surface area contributed by atoms with Crippen LogP contribution >= 0.6 is 0 Å². The maximum atomic E-state index is 5.89. The number of nitrogen functional groups attached to an aromatic ring is 1. The van der Waals surface area contributed by atoms with Gasteiger partial charge in [-0.25, -0.2) is 0 Å². The Morgan fingerprint density at radius 2 is 2.06 bits per heavy atom. The Kier molecular flexibility index (Phi) is 1.73. The van der Waals surface area contributed by atoms with Crippen molar-refractivity contribution in [2.24, 2.45) is 0 Å². The van der Waals surface area contributed by atoms with Gasteiger partial charge in [0.25, 0.3) is 0 Å². The van der Waals surface area contributed by atoms with Gasteiger partial charge in [0.2, 0.25) is 0 Å². The SMILES string of the molecule is COc1nc(N)c2c(n1)[nH]c1ccccc12. The van der Waals surface area contributed by atoms with Gasteiger partial charge in [-0.3, -0.25) is 0 Å². The third kappa shape index (κ3) is 1.11. The molecule has 16 heavy (non-hydrogen) atoms. The van der Waals surface area contributed by atoms with Crippen molar-refractivity contribution in [3.8, 4) is 6.01 Å². The maximum Gasteiger partial charge on any atom is 0.320 e. The second kappa shape index (κ2) is 3.10. The fraction of sp³-hybridized carbons (Fsp3) is 0.0909. The number of hydrogen-bond acceptors (Lipinski definition) is 4. The van der Waals surface area contributed by atoms with Crippen LogP contribution in [-0.2, 0) is 0 Å². The number of H-pyrrole nitrogens is 1. The normalized spacial score (nSPS) is 11.1. The van der Waals surface area contributed by atoms with E-state index in [-0.39, 0.29) is 6.01 Å². The van der Waals surface area contributed by atoms with Gasteiger partial charge in [-0.15, -0.1) is 0 Å². The van der Waals surface area contributed by atoms with Crippen molar-refractivity contribution in [2.75, 3.05) is 12.8 Å². The van der Waals surface area contributed by atoms with Crippen LogP contribution in [0.4, 0.5) is 5.82 Å². The predicted molar refractivity (Wildman–Crippen MR) is 62.4 cm³/mol. The van der Waals surface area contributed by atoms with Crippen LogP contribution in [0.1, 0.15) is 0 Å². The van der Waals surface area contributed by atoms with E-state index < -0.39 is 0 Å². The van der Waals surface area contributed by atoms with Crippen molar-refractivity contribution >= 4 is 27.8 Å². The zero-order chi connectivity index (χ0) is 11.1. The fourth-order valence-corrected chi connectivity index (χ4v) is 1.84. The van der Waals surface area contributed by atoms with E-state index in [9.17, 15) is 0 Å². The van der Waals surface area contributed by atoms with Crippen LogP contribution in [0.3, 0.4) is 0 Å². The number of para-hydroxylation sites is 1. The third-order valence-electron chi connectivity index (χ3n) is 2.55. The minimum Gasteiger partial charge on any atom is -0.467 e. The summed E-state index contributed by atoms with van der Waals surface area (Å²) in [6.45, 7) is 0. The smallest absolute Gasteiger partial charge is 0.320 e. The van der Waals surface area contributed by atoms with Crippen LogP contribution in [0.5, 0.6) is 6.01 Å². The topological polar surface area (TPSA) is 76.8 Å². The van der Waals surface area contributed by atoms with Crippen molar-refractivity contribution in [1.29, 1.82) is 0 Å². The maximum absolute atomic E-state index is 5.89. The molecule has 0 fully saturated rings. The Morgan fingerprint density at radius 3 is 2.88 bits per heavy atom. The van der Waals surface area contributed by atoms with Crippen molar-refractivity contribution in [3.63, 3.8) is 0 Å². The molecular formula is C11H10N4O. The van der Waals surface area contributed by atoms with Gasteiger partial charge in [-0.1, -0.05) is 18.2 Å². The number of methoxy groups -OCH3 is 1. The molecule has 5 nitrogen and oxygen atoms in total. The Bertz CT molecular complexity index is 674. The predicted octanol–water partition coefficient (Wildman–Crippen LogP) is 1.70. The van der Waals surface area contributed by atoms with Crippen molar-refractivity contribution < 1.29 is 4.74 Å². The molecule has 0 atom stereocenters. The number of nitrogens with zero attached hydrogens (tertiary/aromatic N) is 2. The quantitative estimate of drug-likeness (QED) is 0.646. The highest BCUT2D eigenvalue weighted by molar-refractivity contribution is 6.10. The minimum absolute atomic E-state index is 0.275. The summed E-state index contributed by atoms with van der Waals surface area (Å²) in [6, 6.07) is 8.15. The molecule has 0 radical (unpaired) electrons.